The maximum atomic E-state index is 6.17. The van der Waals surface area contributed by atoms with E-state index in [-0.39, 0.29) is 12.4 Å². The van der Waals surface area contributed by atoms with Crippen LogP contribution < -0.4 is 19.9 Å². The number of aromatic nitrogens is 1. The first-order valence-corrected chi connectivity index (χ1v) is 11.1. The number of nitrogens with two attached hydrogens (primary N) is 1. The van der Waals surface area contributed by atoms with Crippen molar-refractivity contribution in [3.05, 3.63) is 108 Å². The maximum absolute atomic E-state index is 6.17. The van der Waals surface area contributed by atoms with Gasteiger partial charge in [-0.15, -0.1) is 12.4 Å². The number of ether oxygens (including phenoxy) is 3. The van der Waals surface area contributed by atoms with E-state index in [1.807, 2.05) is 97.9 Å². The van der Waals surface area contributed by atoms with E-state index >= 15 is 0 Å². The average Bonchev–Trinajstić information content (AvgIpc) is 2.88. The largest absolute Gasteiger partial charge is 0.494 e. The zero-order chi connectivity index (χ0) is 22.9. The molecule has 0 aliphatic rings. The summed E-state index contributed by atoms with van der Waals surface area (Å²) in [5.74, 6) is 1.82. The van der Waals surface area contributed by atoms with Crippen molar-refractivity contribution in [3.63, 3.8) is 0 Å². The van der Waals surface area contributed by atoms with E-state index in [2.05, 4.69) is 4.98 Å². The SMILES string of the molecule is CCOc1ccc(-c2ccc(OCc3ccccc3)nc2OCc2ccccc2)cc1CN.Cl. The number of hydrogen-bond donors (Lipinski definition) is 1. The second-order valence-electron chi connectivity index (χ2n) is 7.51. The van der Waals surface area contributed by atoms with Crippen molar-refractivity contribution < 1.29 is 14.2 Å². The van der Waals surface area contributed by atoms with Gasteiger partial charge in [-0.3, -0.25) is 0 Å². The summed E-state index contributed by atoms with van der Waals surface area (Å²) in [6.45, 7) is 3.78. The first-order chi connectivity index (χ1) is 16.3. The molecule has 4 aromatic rings. The smallest absolute Gasteiger partial charge is 0.225 e. The molecular weight excluding hydrogens is 448 g/mol. The van der Waals surface area contributed by atoms with E-state index in [9.17, 15) is 0 Å². The average molecular weight is 477 g/mol. The van der Waals surface area contributed by atoms with Crippen LogP contribution in [-0.2, 0) is 19.8 Å². The molecule has 34 heavy (non-hydrogen) atoms. The fraction of sp³-hybridized carbons (Fsp3) is 0.179. The Kier molecular flexibility index (Phi) is 9.32. The summed E-state index contributed by atoms with van der Waals surface area (Å²) in [7, 11) is 0. The minimum absolute atomic E-state index is 0. The molecule has 0 aliphatic carbocycles. The lowest BCUT2D eigenvalue weighted by molar-refractivity contribution is 0.268. The molecule has 0 saturated carbocycles. The highest BCUT2D eigenvalue weighted by atomic mass is 35.5. The highest BCUT2D eigenvalue weighted by Crippen LogP contribution is 2.34. The van der Waals surface area contributed by atoms with Gasteiger partial charge >= 0.3 is 0 Å². The van der Waals surface area contributed by atoms with Crippen LogP contribution in [-0.4, -0.2) is 11.6 Å². The quantitative estimate of drug-likeness (QED) is 0.296. The molecule has 0 atom stereocenters. The molecule has 0 amide bonds. The van der Waals surface area contributed by atoms with Crippen molar-refractivity contribution in [1.29, 1.82) is 0 Å². The van der Waals surface area contributed by atoms with Crippen molar-refractivity contribution in [2.24, 2.45) is 5.73 Å². The van der Waals surface area contributed by atoms with Gasteiger partial charge in [0, 0.05) is 23.7 Å². The topological polar surface area (TPSA) is 66.6 Å². The van der Waals surface area contributed by atoms with E-state index in [0.717, 1.165) is 33.6 Å². The molecule has 6 heteroatoms. The van der Waals surface area contributed by atoms with Gasteiger partial charge in [-0.1, -0.05) is 66.7 Å². The molecule has 0 unspecified atom stereocenters. The molecule has 5 nitrogen and oxygen atoms in total. The molecule has 3 aromatic carbocycles. The van der Waals surface area contributed by atoms with Gasteiger partial charge < -0.3 is 19.9 Å². The summed E-state index contributed by atoms with van der Waals surface area (Å²) in [5, 5.41) is 0. The van der Waals surface area contributed by atoms with Crippen LogP contribution in [0.2, 0.25) is 0 Å². The molecule has 0 bridgehead atoms. The lowest BCUT2D eigenvalue weighted by atomic mass is 10.0. The second-order valence-corrected chi connectivity index (χ2v) is 7.51. The van der Waals surface area contributed by atoms with Crippen LogP contribution in [0.5, 0.6) is 17.5 Å². The number of benzene rings is 3. The minimum Gasteiger partial charge on any atom is -0.494 e. The molecule has 0 spiro atoms. The first kappa shape index (κ1) is 25.1. The summed E-state index contributed by atoms with van der Waals surface area (Å²) in [6.07, 6.45) is 0. The number of halogens is 1. The number of pyridine rings is 1. The van der Waals surface area contributed by atoms with Gasteiger partial charge in [-0.25, -0.2) is 0 Å². The molecule has 176 valence electrons. The third-order valence-electron chi connectivity index (χ3n) is 5.17. The maximum Gasteiger partial charge on any atom is 0.225 e. The molecule has 1 aromatic heterocycles. The van der Waals surface area contributed by atoms with Crippen LogP contribution in [0, 0.1) is 0 Å². The van der Waals surface area contributed by atoms with Gasteiger partial charge in [0.2, 0.25) is 11.8 Å². The van der Waals surface area contributed by atoms with Crippen LogP contribution >= 0.6 is 12.4 Å². The Morgan fingerprint density at radius 2 is 1.38 bits per heavy atom. The van der Waals surface area contributed by atoms with Crippen LogP contribution in [0.15, 0.2) is 91.0 Å². The normalized spacial score (nSPS) is 10.3. The predicted molar refractivity (Wildman–Crippen MR) is 138 cm³/mol. The number of rotatable bonds is 10. The number of nitrogens with zero attached hydrogens (tertiary/aromatic N) is 1. The molecule has 0 fully saturated rings. The van der Waals surface area contributed by atoms with Crippen molar-refractivity contribution in [1.82, 2.24) is 4.98 Å². The monoisotopic (exact) mass is 476 g/mol. The Hall–Kier alpha value is -3.54. The molecule has 0 saturated heterocycles. The molecule has 1 heterocycles. The van der Waals surface area contributed by atoms with Crippen molar-refractivity contribution in [2.75, 3.05) is 6.61 Å². The highest BCUT2D eigenvalue weighted by molar-refractivity contribution is 5.85. The predicted octanol–water partition coefficient (Wildman–Crippen LogP) is 6.19. The van der Waals surface area contributed by atoms with Crippen molar-refractivity contribution >= 4 is 12.4 Å². The Labute approximate surface area is 206 Å². The Bertz CT molecular complexity index is 1170. The lowest BCUT2D eigenvalue weighted by Gasteiger charge is -2.15. The van der Waals surface area contributed by atoms with Gasteiger partial charge in [0.15, 0.2) is 0 Å². The fourth-order valence-corrected chi connectivity index (χ4v) is 3.49. The second kappa shape index (κ2) is 12.6. The summed E-state index contributed by atoms with van der Waals surface area (Å²) < 4.78 is 17.8. The van der Waals surface area contributed by atoms with E-state index in [0.29, 0.717) is 38.1 Å². The van der Waals surface area contributed by atoms with Gasteiger partial charge in [-0.2, -0.15) is 4.98 Å². The summed E-state index contributed by atoms with van der Waals surface area (Å²) >= 11 is 0. The van der Waals surface area contributed by atoms with Crippen LogP contribution in [0.3, 0.4) is 0 Å². The van der Waals surface area contributed by atoms with Gasteiger partial charge in [-0.05, 0) is 41.8 Å². The Balaban J connectivity index is 0.00000324. The fourth-order valence-electron chi connectivity index (χ4n) is 3.49. The van der Waals surface area contributed by atoms with E-state index in [4.69, 9.17) is 19.9 Å². The Morgan fingerprint density at radius 3 is 2.00 bits per heavy atom. The molecule has 0 aliphatic heterocycles. The molecule has 2 N–H and O–H groups in total. The van der Waals surface area contributed by atoms with E-state index in [1.165, 1.54) is 0 Å². The summed E-state index contributed by atoms with van der Waals surface area (Å²) in [6, 6.07) is 29.9. The van der Waals surface area contributed by atoms with Crippen molar-refractivity contribution in [3.8, 4) is 28.6 Å². The lowest BCUT2D eigenvalue weighted by Crippen LogP contribution is -2.04. The zero-order valence-corrected chi connectivity index (χ0v) is 20.0. The minimum atomic E-state index is 0. The Morgan fingerprint density at radius 1 is 0.735 bits per heavy atom. The molecular formula is C28H29ClN2O3. The van der Waals surface area contributed by atoms with Crippen molar-refractivity contribution in [2.45, 2.75) is 26.7 Å². The van der Waals surface area contributed by atoms with Gasteiger partial charge in [0.25, 0.3) is 0 Å². The third-order valence-corrected chi connectivity index (χ3v) is 5.17. The van der Waals surface area contributed by atoms with E-state index < -0.39 is 0 Å². The van der Waals surface area contributed by atoms with Gasteiger partial charge in [0.05, 0.1) is 6.61 Å². The zero-order valence-electron chi connectivity index (χ0n) is 19.1. The molecule has 4 rings (SSSR count). The molecule has 0 radical (unpaired) electrons. The van der Waals surface area contributed by atoms with Crippen LogP contribution in [0.25, 0.3) is 11.1 Å². The first-order valence-electron chi connectivity index (χ1n) is 11.1. The summed E-state index contributed by atoms with van der Waals surface area (Å²) in [4.78, 5) is 4.69. The van der Waals surface area contributed by atoms with E-state index in [1.54, 1.807) is 0 Å². The van der Waals surface area contributed by atoms with Crippen LogP contribution in [0.4, 0.5) is 0 Å². The third kappa shape index (κ3) is 6.50. The summed E-state index contributed by atoms with van der Waals surface area (Å²) in [5.41, 5.74) is 10.9. The standard InChI is InChI=1S/C28H28N2O3.ClH/c1-2-31-26-15-13-23(17-24(26)18-29)25-14-16-27(32-19-21-9-5-3-6-10-21)30-28(25)33-20-22-11-7-4-8-12-22;/h3-17H,2,18-20,29H2,1H3;1H. The highest BCUT2D eigenvalue weighted by Gasteiger charge is 2.13. The van der Waals surface area contributed by atoms with Crippen LogP contribution in [0.1, 0.15) is 23.6 Å². The van der Waals surface area contributed by atoms with Gasteiger partial charge in [0.1, 0.15) is 19.0 Å². The number of hydrogen-bond acceptors (Lipinski definition) is 5.